The first-order chi connectivity index (χ1) is 15.1. The lowest BCUT2D eigenvalue weighted by Gasteiger charge is -2.28. The first kappa shape index (κ1) is 22.8. The molecule has 1 aliphatic rings. The van der Waals surface area contributed by atoms with Crippen LogP contribution in [0.4, 0.5) is 13.2 Å². The number of carbonyl (C=O) groups is 1. The molecule has 1 aromatic carbocycles. The molecule has 1 atom stereocenters. The van der Waals surface area contributed by atoms with E-state index in [2.05, 4.69) is 4.98 Å². The molecule has 0 aliphatic carbocycles. The second kappa shape index (κ2) is 8.55. The predicted octanol–water partition coefficient (Wildman–Crippen LogP) is 4.45. The molecule has 2 aromatic heterocycles. The molecule has 3 heterocycles. The number of rotatable bonds is 3. The fourth-order valence-corrected chi connectivity index (χ4v) is 4.38. The standard InChI is InChI=1S/C21H18Cl2F3N3O3/c1-28-14-4-5-16(21(24,25)26)27-13(14)10-15(28)19(30)17-12(22)3-2-11(18(17)23)20(31)29-6-8-32-9-7-29/h2-5,10,19,30H,6-9H2,1H3. The van der Waals surface area contributed by atoms with Crippen LogP contribution in [0.15, 0.2) is 30.3 Å². The number of hydrogen-bond donors (Lipinski definition) is 1. The van der Waals surface area contributed by atoms with Gasteiger partial charge in [-0.2, -0.15) is 13.2 Å². The Bertz CT molecular complexity index is 1190. The normalized spacial score (nSPS) is 15.9. The molecule has 6 nitrogen and oxygen atoms in total. The van der Waals surface area contributed by atoms with Gasteiger partial charge in [0.25, 0.3) is 5.91 Å². The predicted molar refractivity (Wildman–Crippen MR) is 113 cm³/mol. The summed E-state index contributed by atoms with van der Waals surface area (Å²) in [5, 5.41) is 11.2. The lowest BCUT2D eigenvalue weighted by atomic mass is 10.0. The van der Waals surface area contributed by atoms with E-state index in [1.807, 2.05) is 0 Å². The van der Waals surface area contributed by atoms with Gasteiger partial charge in [0, 0.05) is 30.7 Å². The second-order valence-electron chi connectivity index (χ2n) is 7.36. The highest BCUT2D eigenvalue weighted by atomic mass is 35.5. The van der Waals surface area contributed by atoms with Crippen LogP contribution in [0.1, 0.15) is 33.4 Å². The highest BCUT2D eigenvalue weighted by Crippen LogP contribution is 2.38. The van der Waals surface area contributed by atoms with Crippen molar-refractivity contribution in [2.45, 2.75) is 12.3 Å². The van der Waals surface area contributed by atoms with Crippen molar-refractivity contribution in [1.29, 1.82) is 0 Å². The number of morpholine rings is 1. The van der Waals surface area contributed by atoms with Crippen LogP contribution < -0.4 is 0 Å². The average Bonchev–Trinajstić information content (AvgIpc) is 3.09. The van der Waals surface area contributed by atoms with Gasteiger partial charge in [0.2, 0.25) is 0 Å². The first-order valence-electron chi connectivity index (χ1n) is 9.66. The fourth-order valence-electron chi connectivity index (χ4n) is 3.72. The van der Waals surface area contributed by atoms with Gasteiger partial charge in [0.15, 0.2) is 0 Å². The van der Waals surface area contributed by atoms with E-state index >= 15 is 0 Å². The molecule has 0 bridgehead atoms. The summed E-state index contributed by atoms with van der Waals surface area (Å²) < 4.78 is 45.9. The lowest BCUT2D eigenvalue weighted by Crippen LogP contribution is -2.40. The SMILES string of the molecule is Cn1c(C(O)c2c(Cl)ccc(C(=O)N3CCOCC3)c2Cl)cc2nc(C(F)(F)F)ccc21. The number of alkyl halides is 3. The van der Waals surface area contributed by atoms with Crippen molar-refractivity contribution in [3.63, 3.8) is 0 Å². The molecule has 4 rings (SSSR count). The molecule has 1 aliphatic heterocycles. The van der Waals surface area contributed by atoms with Crippen LogP contribution in [-0.4, -0.2) is 51.8 Å². The van der Waals surface area contributed by atoms with Gasteiger partial charge in [0.1, 0.15) is 11.8 Å². The number of pyridine rings is 1. The van der Waals surface area contributed by atoms with Gasteiger partial charge in [-0.1, -0.05) is 23.2 Å². The van der Waals surface area contributed by atoms with Crippen molar-refractivity contribution >= 4 is 40.1 Å². The van der Waals surface area contributed by atoms with Gasteiger partial charge in [0.05, 0.1) is 40.5 Å². The number of fused-ring (bicyclic) bond motifs is 1. The van der Waals surface area contributed by atoms with Gasteiger partial charge in [-0.25, -0.2) is 4.98 Å². The van der Waals surface area contributed by atoms with E-state index in [1.165, 1.54) is 28.8 Å². The van der Waals surface area contributed by atoms with E-state index < -0.39 is 18.0 Å². The Kier molecular flexibility index (Phi) is 6.10. The minimum absolute atomic E-state index is 0.0179. The summed E-state index contributed by atoms with van der Waals surface area (Å²) in [6, 6.07) is 6.45. The number of aromatic nitrogens is 2. The number of hydrogen-bond acceptors (Lipinski definition) is 4. The Morgan fingerprint density at radius 2 is 1.88 bits per heavy atom. The number of ether oxygens (including phenoxy) is 1. The van der Waals surface area contributed by atoms with Crippen LogP contribution in [0.5, 0.6) is 0 Å². The summed E-state index contributed by atoms with van der Waals surface area (Å²) >= 11 is 12.8. The molecule has 0 saturated carbocycles. The monoisotopic (exact) mass is 487 g/mol. The number of aliphatic hydroxyl groups excluding tert-OH is 1. The maximum Gasteiger partial charge on any atom is 0.433 e. The number of benzene rings is 1. The molecule has 11 heteroatoms. The average molecular weight is 488 g/mol. The van der Waals surface area contributed by atoms with E-state index in [0.29, 0.717) is 31.8 Å². The Balaban J connectivity index is 1.76. The second-order valence-corrected chi connectivity index (χ2v) is 8.14. The molecule has 0 radical (unpaired) electrons. The van der Waals surface area contributed by atoms with E-state index in [0.717, 1.165) is 6.07 Å². The highest BCUT2D eigenvalue weighted by molar-refractivity contribution is 6.38. The van der Waals surface area contributed by atoms with Gasteiger partial charge in [-0.3, -0.25) is 4.79 Å². The topological polar surface area (TPSA) is 67.6 Å². The van der Waals surface area contributed by atoms with Crippen LogP contribution in [-0.2, 0) is 18.0 Å². The van der Waals surface area contributed by atoms with Crippen molar-refractivity contribution < 1.29 is 27.8 Å². The Hall–Kier alpha value is -2.33. The summed E-state index contributed by atoms with van der Waals surface area (Å²) in [6.07, 6.45) is -6.00. The molecule has 1 N–H and O–H groups in total. The Morgan fingerprint density at radius 1 is 1.19 bits per heavy atom. The fraction of sp³-hybridized carbons (Fsp3) is 0.333. The van der Waals surface area contributed by atoms with E-state index in [1.54, 1.807) is 11.9 Å². The number of aliphatic hydroxyl groups is 1. The molecule has 0 spiro atoms. The molecule has 32 heavy (non-hydrogen) atoms. The summed E-state index contributed by atoms with van der Waals surface area (Å²) in [5.41, 5.74) is -0.0981. The van der Waals surface area contributed by atoms with Crippen molar-refractivity contribution in [3.05, 3.63) is 62.9 Å². The lowest BCUT2D eigenvalue weighted by molar-refractivity contribution is -0.140. The van der Waals surface area contributed by atoms with Crippen LogP contribution in [0.2, 0.25) is 10.0 Å². The number of nitrogens with zero attached hydrogens (tertiary/aromatic N) is 3. The third-order valence-electron chi connectivity index (χ3n) is 5.43. The molecule has 1 unspecified atom stereocenters. The Labute approximate surface area is 191 Å². The maximum absolute atomic E-state index is 13.0. The number of amides is 1. The molecular weight excluding hydrogens is 470 g/mol. The summed E-state index contributed by atoms with van der Waals surface area (Å²) in [6.45, 7) is 1.64. The van der Waals surface area contributed by atoms with Crippen LogP contribution in [0, 0.1) is 0 Å². The molecule has 170 valence electrons. The van der Waals surface area contributed by atoms with Gasteiger partial charge >= 0.3 is 6.18 Å². The molecule has 1 fully saturated rings. The smallest absolute Gasteiger partial charge is 0.382 e. The van der Waals surface area contributed by atoms with Gasteiger partial charge < -0.3 is 19.3 Å². The third-order valence-corrected chi connectivity index (χ3v) is 6.17. The third kappa shape index (κ3) is 4.05. The number of carbonyl (C=O) groups excluding carboxylic acids is 1. The van der Waals surface area contributed by atoms with Crippen molar-refractivity contribution in [3.8, 4) is 0 Å². The largest absolute Gasteiger partial charge is 0.433 e. The molecule has 3 aromatic rings. The summed E-state index contributed by atoms with van der Waals surface area (Å²) in [4.78, 5) is 18.2. The van der Waals surface area contributed by atoms with Crippen molar-refractivity contribution in [1.82, 2.24) is 14.5 Å². The molecule has 1 saturated heterocycles. The zero-order chi connectivity index (χ0) is 23.2. The van der Waals surface area contributed by atoms with Crippen LogP contribution in [0.3, 0.4) is 0 Å². The highest BCUT2D eigenvalue weighted by Gasteiger charge is 2.33. The zero-order valence-electron chi connectivity index (χ0n) is 16.8. The van der Waals surface area contributed by atoms with E-state index in [4.69, 9.17) is 27.9 Å². The minimum atomic E-state index is -4.59. The van der Waals surface area contributed by atoms with Gasteiger partial charge in [-0.15, -0.1) is 0 Å². The number of aryl methyl sites for hydroxylation is 1. The van der Waals surface area contributed by atoms with Gasteiger partial charge in [-0.05, 0) is 30.3 Å². The summed E-state index contributed by atoms with van der Waals surface area (Å²) in [7, 11) is 1.58. The molecule has 1 amide bonds. The Morgan fingerprint density at radius 3 is 2.53 bits per heavy atom. The maximum atomic E-state index is 13.0. The summed E-state index contributed by atoms with van der Waals surface area (Å²) in [5.74, 6) is -0.322. The van der Waals surface area contributed by atoms with Crippen molar-refractivity contribution in [2.75, 3.05) is 26.3 Å². The number of halogens is 5. The van der Waals surface area contributed by atoms with E-state index in [-0.39, 0.29) is 38.3 Å². The van der Waals surface area contributed by atoms with Crippen molar-refractivity contribution in [2.24, 2.45) is 7.05 Å². The quantitative estimate of drug-likeness (QED) is 0.592. The van der Waals surface area contributed by atoms with Crippen LogP contribution >= 0.6 is 23.2 Å². The first-order valence-corrected chi connectivity index (χ1v) is 10.4. The van der Waals surface area contributed by atoms with E-state index in [9.17, 15) is 23.1 Å². The zero-order valence-corrected chi connectivity index (χ0v) is 18.3. The molecular formula is C21H18Cl2F3N3O3. The minimum Gasteiger partial charge on any atom is -0.382 e. The van der Waals surface area contributed by atoms with Crippen LogP contribution in [0.25, 0.3) is 11.0 Å².